The van der Waals surface area contributed by atoms with E-state index >= 15 is 0 Å². The van der Waals surface area contributed by atoms with Crippen molar-refractivity contribution >= 4 is 0 Å². The van der Waals surface area contributed by atoms with Crippen molar-refractivity contribution < 1.29 is 9.47 Å². The van der Waals surface area contributed by atoms with Gasteiger partial charge in [0.05, 0.1) is 14.2 Å². The van der Waals surface area contributed by atoms with Crippen molar-refractivity contribution in [1.82, 2.24) is 4.90 Å². The molecule has 3 atom stereocenters. The number of methoxy groups -OCH3 is 2. The maximum absolute atomic E-state index is 6.36. The molecule has 3 unspecified atom stereocenters. The number of benzene rings is 1. The summed E-state index contributed by atoms with van der Waals surface area (Å²) in [6.07, 6.45) is 4.52. The molecule has 1 aliphatic heterocycles. The summed E-state index contributed by atoms with van der Waals surface area (Å²) in [7, 11) is 3.40. The summed E-state index contributed by atoms with van der Waals surface area (Å²) in [6, 6.07) is 7.28. The van der Waals surface area contributed by atoms with Gasteiger partial charge in [-0.1, -0.05) is 6.07 Å². The molecule has 1 saturated carbocycles. The third kappa shape index (κ3) is 2.80. The Labute approximate surface area is 146 Å². The van der Waals surface area contributed by atoms with Gasteiger partial charge in [-0.25, -0.2) is 0 Å². The van der Waals surface area contributed by atoms with Crippen molar-refractivity contribution in [3.63, 3.8) is 0 Å². The zero-order valence-corrected chi connectivity index (χ0v) is 15.8. The molecule has 2 fully saturated rings. The molecule has 4 nitrogen and oxygen atoms in total. The number of hydrogen-bond donors (Lipinski definition) is 1. The SMILES string of the molecule is COc1ccc(C23CCC(N)CC2N(C(C)(C)C)CC3)cc1OC. The van der Waals surface area contributed by atoms with E-state index in [0.29, 0.717) is 12.1 Å². The second kappa shape index (κ2) is 6.23. The van der Waals surface area contributed by atoms with E-state index < -0.39 is 0 Å². The number of nitrogens with zero attached hydrogens (tertiary/aromatic N) is 1. The lowest BCUT2D eigenvalue weighted by Crippen LogP contribution is -2.55. The van der Waals surface area contributed by atoms with E-state index in [1.54, 1.807) is 14.2 Å². The largest absolute Gasteiger partial charge is 0.493 e. The molecule has 1 saturated heterocycles. The van der Waals surface area contributed by atoms with E-state index in [1.807, 2.05) is 6.07 Å². The average molecular weight is 332 g/mol. The van der Waals surface area contributed by atoms with Gasteiger partial charge in [0.1, 0.15) is 0 Å². The van der Waals surface area contributed by atoms with Gasteiger partial charge in [0.2, 0.25) is 0 Å². The summed E-state index contributed by atoms with van der Waals surface area (Å²) < 4.78 is 11.0. The standard InChI is InChI=1S/C20H32N2O2/c1-19(2,3)22-11-10-20(9-8-15(21)13-18(20)22)14-6-7-16(23-4)17(12-14)24-5/h6-7,12,15,18H,8-11,13,21H2,1-5H3. The number of fused-ring (bicyclic) bond motifs is 1. The molecule has 4 heteroatoms. The Hall–Kier alpha value is -1.26. The fraction of sp³-hybridized carbons (Fsp3) is 0.700. The highest BCUT2D eigenvalue weighted by molar-refractivity contribution is 5.46. The fourth-order valence-corrected chi connectivity index (χ4v) is 4.86. The third-order valence-corrected chi connectivity index (χ3v) is 6.12. The Kier molecular flexibility index (Phi) is 4.56. The Morgan fingerprint density at radius 1 is 1.12 bits per heavy atom. The number of likely N-dealkylation sites (tertiary alicyclic amines) is 1. The summed E-state index contributed by atoms with van der Waals surface area (Å²) in [5.41, 5.74) is 8.09. The summed E-state index contributed by atoms with van der Waals surface area (Å²) in [5.74, 6) is 1.62. The van der Waals surface area contributed by atoms with Gasteiger partial charge in [-0.3, -0.25) is 4.90 Å². The summed E-state index contributed by atoms with van der Waals surface area (Å²) in [5, 5.41) is 0. The predicted octanol–water partition coefficient (Wildman–Crippen LogP) is 3.33. The summed E-state index contributed by atoms with van der Waals surface area (Å²) >= 11 is 0. The first-order chi connectivity index (χ1) is 11.3. The molecule has 0 radical (unpaired) electrons. The first kappa shape index (κ1) is 17.6. The van der Waals surface area contributed by atoms with Crippen LogP contribution in [0.15, 0.2) is 18.2 Å². The van der Waals surface area contributed by atoms with Crippen LogP contribution in [-0.2, 0) is 5.41 Å². The van der Waals surface area contributed by atoms with Crippen LogP contribution in [0.25, 0.3) is 0 Å². The van der Waals surface area contributed by atoms with Gasteiger partial charge in [0.25, 0.3) is 0 Å². The maximum Gasteiger partial charge on any atom is 0.161 e. The average Bonchev–Trinajstić information content (AvgIpc) is 2.94. The first-order valence-electron chi connectivity index (χ1n) is 9.06. The molecule has 2 aliphatic rings. The van der Waals surface area contributed by atoms with Crippen LogP contribution in [0, 0.1) is 0 Å². The Balaban J connectivity index is 2.03. The molecule has 1 aliphatic carbocycles. The number of ether oxygens (including phenoxy) is 2. The van der Waals surface area contributed by atoms with Crippen LogP contribution in [0.3, 0.4) is 0 Å². The zero-order valence-electron chi connectivity index (χ0n) is 15.8. The smallest absolute Gasteiger partial charge is 0.161 e. The molecule has 1 aromatic carbocycles. The van der Waals surface area contributed by atoms with Crippen LogP contribution in [0.4, 0.5) is 0 Å². The molecule has 24 heavy (non-hydrogen) atoms. The summed E-state index contributed by atoms with van der Waals surface area (Å²) in [6.45, 7) is 8.09. The number of rotatable bonds is 3. The van der Waals surface area contributed by atoms with E-state index in [2.05, 4.69) is 37.8 Å². The van der Waals surface area contributed by atoms with Crippen molar-refractivity contribution in [2.45, 2.75) is 69.5 Å². The molecule has 0 spiro atoms. The first-order valence-corrected chi connectivity index (χ1v) is 9.06. The van der Waals surface area contributed by atoms with Crippen LogP contribution in [-0.4, -0.2) is 43.3 Å². The van der Waals surface area contributed by atoms with Gasteiger partial charge >= 0.3 is 0 Å². The van der Waals surface area contributed by atoms with Crippen molar-refractivity contribution in [1.29, 1.82) is 0 Å². The normalized spacial score (nSPS) is 30.9. The van der Waals surface area contributed by atoms with Gasteiger partial charge in [-0.05, 0) is 70.7 Å². The van der Waals surface area contributed by atoms with Crippen molar-refractivity contribution in [2.75, 3.05) is 20.8 Å². The van der Waals surface area contributed by atoms with E-state index in [9.17, 15) is 0 Å². The lowest BCUT2D eigenvalue weighted by Gasteiger charge is -2.48. The minimum absolute atomic E-state index is 0.167. The molecule has 1 heterocycles. The predicted molar refractivity (Wildman–Crippen MR) is 97.9 cm³/mol. The van der Waals surface area contributed by atoms with Crippen LogP contribution in [0.5, 0.6) is 11.5 Å². The van der Waals surface area contributed by atoms with E-state index in [4.69, 9.17) is 15.2 Å². The van der Waals surface area contributed by atoms with Gasteiger partial charge in [0, 0.05) is 23.0 Å². The molecule has 0 aromatic heterocycles. The molecule has 3 rings (SSSR count). The van der Waals surface area contributed by atoms with E-state index in [-0.39, 0.29) is 11.0 Å². The molecule has 2 N–H and O–H groups in total. The van der Waals surface area contributed by atoms with Gasteiger partial charge < -0.3 is 15.2 Å². The van der Waals surface area contributed by atoms with Crippen LogP contribution in [0.2, 0.25) is 0 Å². The lowest BCUT2D eigenvalue weighted by molar-refractivity contribution is 0.0689. The van der Waals surface area contributed by atoms with Gasteiger partial charge in [-0.2, -0.15) is 0 Å². The Morgan fingerprint density at radius 3 is 2.46 bits per heavy atom. The molecule has 0 amide bonds. The van der Waals surface area contributed by atoms with Crippen molar-refractivity contribution in [2.24, 2.45) is 5.73 Å². The van der Waals surface area contributed by atoms with Gasteiger partial charge in [-0.15, -0.1) is 0 Å². The summed E-state index contributed by atoms with van der Waals surface area (Å²) in [4.78, 5) is 2.67. The van der Waals surface area contributed by atoms with Crippen LogP contribution < -0.4 is 15.2 Å². The van der Waals surface area contributed by atoms with Gasteiger partial charge in [0.15, 0.2) is 11.5 Å². The molecule has 1 aromatic rings. The van der Waals surface area contributed by atoms with Crippen LogP contribution in [0.1, 0.15) is 52.0 Å². The molecule has 134 valence electrons. The minimum Gasteiger partial charge on any atom is -0.493 e. The maximum atomic E-state index is 6.36. The number of hydrogen-bond acceptors (Lipinski definition) is 4. The second-order valence-electron chi connectivity index (χ2n) is 8.39. The fourth-order valence-electron chi connectivity index (χ4n) is 4.86. The molecule has 0 bridgehead atoms. The minimum atomic E-state index is 0.167. The molecular weight excluding hydrogens is 300 g/mol. The molecular formula is C20H32N2O2. The van der Waals surface area contributed by atoms with Crippen LogP contribution >= 0.6 is 0 Å². The Morgan fingerprint density at radius 2 is 1.83 bits per heavy atom. The highest BCUT2D eigenvalue weighted by atomic mass is 16.5. The topological polar surface area (TPSA) is 47.7 Å². The quantitative estimate of drug-likeness (QED) is 0.922. The lowest BCUT2D eigenvalue weighted by atomic mass is 9.65. The highest BCUT2D eigenvalue weighted by Gasteiger charge is 2.53. The monoisotopic (exact) mass is 332 g/mol. The number of nitrogens with two attached hydrogens (primary N) is 1. The van der Waals surface area contributed by atoms with Crippen molar-refractivity contribution in [3.05, 3.63) is 23.8 Å². The third-order valence-electron chi connectivity index (χ3n) is 6.12. The van der Waals surface area contributed by atoms with E-state index in [1.165, 1.54) is 12.0 Å². The van der Waals surface area contributed by atoms with E-state index in [0.717, 1.165) is 37.3 Å². The second-order valence-corrected chi connectivity index (χ2v) is 8.39. The Bertz CT molecular complexity index is 596. The zero-order chi connectivity index (χ0) is 17.5. The van der Waals surface area contributed by atoms with Crippen molar-refractivity contribution in [3.8, 4) is 11.5 Å². The highest BCUT2D eigenvalue weighted by Crippen LogP contribution is 2.51.